The molecule has 2 heterocycles. The van der Waals surface area contributed by atoms with Crippen LogP contribution >= 0.6 is 0 Å². The highest BCUT2D eigenvalue weighted by atomic mass is 19.1. The van der Waals surface area contributed by atoms with Crippen molar-refractivity contribution in [2.24, 2.45) is 0 Å². The van der Waals surface area contributed by atoms with E-state index >= 15 is 0 Å². The second kappa shape index (κ2) is 8.39. The van der Waals surface area contributed by atoms with Crippen LogP contribution in [0.2, 0.25) is 0 Å². The molecule has 0 spiro atoms. The molecule has 4 rings (SSSR count). The van der Waals surface area contributed by atoms with Crippen molar-refractivity contribution in [1.82, 2.24) is 9.47 Å². The van der Waals surface area contributed by atoms with Crippen LogP contribution in [0.25, 0.3) is 16.6 Å². The van der Waals surface area contributed by atoms with Gasteiger partial charge in [-0.15, -0.1) is 0 Å². The number of pyridine rings is 1. The van der Waals surface area contributed by atoms with E-state index in [1.807, 2.05) is 6.07 Å². The zero-order valence-corrected chi connectivity index (χ0v) is 17.6. The Morgan fingerprint density at radius 1 is 1.13 bits per heavy atom. The second-order valence-electron chi connectivity index (χ2n) is 7.66. The number of nitrogens with two attached hydrogens (primary N) is 1. The van der Waals surface area contributed by atoms with E-state index in [4.69, 9.17) is 10.5 Å². The number of esters is 1. The Labute approximate surface area is 179 Å². The molecular formula is C23H25FN4O3. The molecule has 0 saturated carbocycles. The molecular weight excluding hydrogens is 399 g/mol. The Hall–Kier alpha value is -3.39. The fraction of sp³-hybridized carbons (Fsp3) is 0.304. The third-order valence-electron chi connectivity index (χ3n) is 5.60. The van der Waals surface area contributed by atoms with Crippen molar-refractivity contribution in [1.29, 1.82) is 0 Å². The fourth-order valence-corrected chi connectivity index (χ4v) is 3.87. The normalized spacial score (nSPS) is 14.7. The van der Waals surface area contributed by atoms with Gasteiger partial charge in [-0.25, -0.2) is 9.18 Å². The number of aromatic nitrogens is 1. The Bertz CT molecular complexity index is 1180. The summed E-state index contributed by atoms with van der Waals surface area (Å²) < 4.78 is 20.3. The van der Waals surface area contributed by atoms with Gasteiger partial charge >= 0.3 is 5.97 Å². The minimum Gasteiger partial charge on any atom is -0.462 e. The Kier molecular flexibility index (Phi) is 5.65. The quantitative estimate of drug-likeness (QED) is 0.512. The maximum absolute atomic E-state index is 13.5. The van der Waals surface area contributed by atoms with Crippen LogP contribution in [0.3, 0.4) is 0 Å². The van der Waals surface area contributed by atoms with E-state index < -0.39 is 11.4 Å². The summed E-state index contributed by atoms with van der Waals surface area (Å²) in [6.07, 6.45) is 1.46. The molecule has 0 unspecified atom stereocenters. The first-order valence-electron chi connectivity index (χ1n) is 10.2. The van der Waals surface area contributed by atoms with Crippen molar-refractivity contribution in [3.05, 3.63) is 64.2 Å². The third kappa shape index (κ3) is 3.98. The molecule has 0 bridgehead atoms. The highest BCUT2D eigenvalue weighted by molar-refractivity contribution is 5.97. The molecule has 8 heteroatoms. The van der Waals surface area contributed by atoms with E-state index in [0.29, 0.717) is 22.3 Å². The molecule has 0 atom stereocenters. The number of fused-ring (bicyclic) bond motifs is 1. The summed E-state index contributed by atoms with van der Waals surface area (Å²) in [6, 6.07) is 9.36. The van der Waals surface area contributed by atoms with Crippen molar-refractivity contribution in [3.8, 4) is 5.69 Å². The van der Waals surface area contributed by atoms with Gasteiger partial charge in [0.2, 0.25) is 5.43 Å². The molecule has 1 aromatic heterocycles. The molecule has 1 aliphatic rings. The number of benzene rings is 2. The smallest absolute Gasteiger partial charge is 0.343 e. The second-order valence-corrected chi connectivity index (χ2v) is 7.66. The summed E-state index contributed by atoms with van der Waals surface area (Å²) in [5.41, 5.74) is 8.33. The number of hydrogen-bond acceptors (Lipinski definition) is 6. The standard InChI is InChI=1S/C23H25FN4O3/c1-3-31-23(30)18-14-28(16-6-4-15(24)5-7-16)20-13-21(19(25)12-17(20)22(18)29)27-10-8-26(2)9-11-27/h4-7,12-14H,3,8-11,25H2,1-2H3. The number of carbonyl (C=O) groups excluding carboxylic acids is 1. The monoisotopic (exact) mass is 424 g/mol. The number of nitrogen functional groups attached to an aromatic ring is 1. The summed E-state index contributed by atoms with van der Waals surface area (Å²) in [4.78, 5) is 30.0. The largest absolute Gasteiger partial charge is 0.462 e. The van der Waals surface area contributed by atoms with E-state index in [1.165, 1.54) is 18.3 Å². The van der Waals surface area contributed by atoms with Gasteiger partial charge in [0, 0.05) is 43.4 Å². The van der Waals surface area contributed by atoms with Gasteiger partial charge in [0.15, 0.2) is 0 Å². The van der Waals surface area contributed by atoms with Crippen LogP contribution in [0.15, 0.2) is 47.4 Å². The predicted octanol–water partition coefficient (Wildman–Crippen LogP) is 2.64. The minimum atomic E-state index is -0.702. The lowest BCUT2D eigenvalue weighted by atomic mass is 10.1. The van der Waals surface area contributed by atoms with Crippen LogP contribution in [0, 0.1) is 5.82 Å². The first kappa shape index (κ1) is 20.9. The lowest BCUT2D eigenvalue weighted by molar-refractivity contribution is 0.0524. The molecule has 0 aliphatic carbocycles. The van der Waals surface area contributed by atoms with E-state index in [1.54, 1.807) is 29.7 Å². The van der Waals surface area contributed by atoms with E-state index in [2.05, 4.69) is 16.8 Å². The number of anilines is 2. The van der Waals surface area contributed by atoms with E-state index in [9.17, 15) is 14.0 Å². The molecule has 1 saturated heterocycles. The van der Waals surface area contributed by atoms with Crippen LogP contribution in [0.5, 0.6) is 0 Å². The lowest BCUT2D eigenvalue weighted by Gasteiger charge is -2.35. The zero-order chi connectivity index (χ0) is 22.1. The maximum Gasteiger partial charge on any atom is 0.343 e. The predicted molar refractivity (Wildman–Crippen MR) is 120 cm³/mol. The van der Waals surface area contributed by atoms with Crippen LogP contribution in [-0.2, 0) is 4.74 Å². The van der Waals surface area contributed by atoms with Crippen molar-refractivity contribution in [2.45, 2.75) is 6.92 Å². The van der Waals surface area contributed by atoms with Gasteiger partial charge in [-0.3, -0.25) is 4.79 Å². The number of likely N-dealkylation sites (N-methyl/N-ethyl adjacent to an activating group) is 1. The average Bonchev–Trinajstić information content (AvgIpc) is 2.76. The summed E-state index contributed by atoms with van der Waals surface area (Å²) in [7, 11) is 2.07. The summed E-state index contributed by atoms with van der Waals surface area (Å²) >= 11 is 0. The summed E-state index contributed by atoms with van der Waals surface area (Å²) in [5, 5.41) is 0.310. The van der Waals surface area contributed by atoms with Gasteiger partial charge in [0.25, 0.3) is 0 Å². The molecule has 31 heavy (non-hydrogen) atoms. The van der Waals surface area contributed by atoms with Gasteiger partial charge in [-0.05, 0) is 50.4 Å². The molecule has 2 aromatic carbocycles. The lowest BCUT2D eigenvalue weighted by Crippen LogP contribution is -2.44. The minimum absolute atomic E-state index is 0.0922. The van der Waals surface area contributed by atoms with Crippen LogP contribution < -0.4 is 16.1 Å². The van der Waals surface area contributed by atoms with Gasteiger partial charge in [0.1, 0.15) is 11.4 Å². The number of ether oxygens (including phenoxy) is 1. The number of piperazine rings is 1. The van der Waals surface area contributed by atoms with Crippen LogP contribution in [0.4, 0.5) is 15.8 Å². The molecule has 0 radical (unpaired) electrons. The number of rotatable bonds is 4. The Morgan fingerprint density at radius 2 is 1.81 bits per heavy atom. The van der Waals surface area contributed by atoms with Gasteiger partial charge in [-0.2, -0.15) is 0 Å². The van der Waals surface area contributed by atoms with E-state index in [-0.39, 0.29) is 18.0 Å². The molecule has 162 valence electrons. The summed E-state index contributed by atoms with van der Waals surface area (Å²) in [6.45, 7) is 5.27. The first-order valence-corrected chi connectivity index (χ1v) is 10.2. The van der Waals surface area contributed by atoms with Crippen LogP contribution in [0.1, 0.15) is 17.3 Å². The fourth-order valence-electron chi connectivity index (χ4n) is 3.87. The van der Waals surface area contributed by atoms with Crippen molar-refractivity contribution < 1.29 is 13.9 Å². The molecule has 7 nitrogen and oxygen atoms in total. The van der Waals surface area contributed by atoms with Crippen LogP contribution in [-0.4, -0.2) is 55.3 Å². The molecule has 0 amide bonds. The van der Waals surface area contributed by atoms with Gasteiger partial charge in [-0.1, -0.05) is 0 Å². The maximum atomic E-state index is 13.5. The van der Waals surface area contributed by atoms with Gasteiger partial charge in [0.05, 0.1) is 23.5 Å². The highest BCUT2D eigenvalue weighted by Crippen LogP contribution is 2.30. The number of nitrogens with zero attached hydrogens (tertiary/aromatic N) is 3. The topological polar surface area (TPSA) is 80.8 Å². The zero-order valence-electron chi connectivity index (χ0n) is 17.6. The van der Waals surface area contributed by atoms with Crippen molar-refractivity contribution in [3.63, 3.8) is 0 Å². The molecule has 1 fully saturated rings. The Morgan fingerprint density at radius 3 is 2.45 bits per heavy atom. The average molecular weight is 424 g/mol. The van der Waals surface area contributed by atoms with Crippen molar-refractivity contribution >= 4 is 28.2 Å². The summed E-state index contributed by atoms with van der Waals surface area (Å²) in [5.74, 6) is -1.07. The molecule has 3 aromatic rings. The molecule has 1 aliphatic heterocycles. The SMILES string of the molecule is CCOC(=O)c1cn(-c2ccc(F)cc2)c2cc(N3CCN(C)CC3)c(N)cc2c1=O. The number of carbonyl (C=O) groups is 1. The number of hydrogen-bond donors (Lipinski definition) is 1. The highest BCUT2D eigenvalue weighted by Gasteiger charge is 2.21. The number of halogens is 1. The molecule has 2 N–H and O–H groups in total. The van der Waals surface area contributed by atoms with Gasteiger partial charge < -0.3 is 24.8 Å². The van der Waals surface area contributed by atoms with Crippen molar-refractivity contribution in [2.75, 3.05) is 50.5 Å². The van der Waals surface area contributed by atoms with E-state index in [0.717, 1.165) is 31.9 Å². The Balaban J connectivity index is 1.95. The first-order chi connectivity index (χ1) is 14.9. The third-order valence-corrected chi connectivity index (χ3v) is 5.60.